The van der Waals surface area contributed by atoms with Gasteiger partial charge in [0, 0.05) is 22.5 Å². The smallest absolute Gasteiger partial charge is 0.358 e. The van der Waals surface area contributed by atoms with Crippen LogP contribution in [0.2, 0.25) is 0 Å². The van der Waals surface area contributed by atoms with Gasteiger partial charge in [-0.05, 0) is 24.3 Å². The molecule has 0 aliphatic carbocycles. The lowest BCUT2D eigenvalue weighted by atomic mass is 10.2. The van der Waals surface area contributed by atoms with Gasteiger partial charge in [0.1, 0.15) is 5.01 Å². The molecule has 28 heavy (non-hydrogen) atoms. The first kappa shape index (κ1) is 17.8. The SMILES string of the molecule is O=C(COC(=O)c1csc(-c2ccccc2)n1)Nc1cccc2ncccc12. The number of pyridine rings is 1. The highest BCUT2D eigenvalue weighted by Gasteiger charge is 2.15. The van der Waals surface area contributed by atoms with Gasteiger partial charge in [-0.15, -0.1) is 11.3 Å². The zero-order valence-corrected chi connectivity index (χ0v) is 15.5. The fourth-order valence-electron chi connectivity index (χ4n) is 2.68. The summed E-state index contributed by atoms with van der Waals surface area (Å²) >= 11 is 1.35. The number of fused-ring (bicyclic) bond motifs is 1. The van der Waals surface area contributed by atoms with E-state index in [1.165, 1.54) is 11.3 Å². The van der Waals surface area contributed by atoms with E-state index >= 15 is 0 Å². The summed E-state index contributed by atoms with van der Waals surface area (Å²) in [6.45, 7) is -0.395. The van der Waals surface area contributed by atoms with Crippen LogP contribution in [0.4, 0.5) is 5.69 Å². The van der Waals surface area contributed by atoms with Crippen molar-refractivity contribution in [3.8, 4) is 10.6 Å². The first-order chi connectivity index (χ1) is 13.7. The fraction of sp³-hybridized carbons (Fsp3) is 0.0476. The third kappa shape index (κ3) is 3.89. The second-order valence-corrected chi connectivity index (χ2v) is 6.76. The summed E-state index contributed by atoms with van der Waals surface area (Å²) in [5.41, 5.74) is 2.50. The van der Waals surface area contributed by atoms with Crippen molar-refractivity contribution >= 4 is 39.8 Å². The van der Waals surface area contributed by atoms with Gasteiger partial charge in [0.05, 0.1) is 11.2 Å². The van der Waals surface area contributed by atoms with Crippen molar-refractivity contribution in [1.29, 1.82) is 0 Å². The minimum Gasteiger partial charge on any atom is -0.451 e. The normalized spacial score (nSPS) is 10.6. The zero-order valence-electron chi connectivity index (χ0n) is 14.7. The Balaban J connectivity index is 1.38. The molecule has 4 rings (SSSR count). The number of hydrogen-bond donors (Lipinski definition) is 1. The van der Waals surface area contributed by atoms with Crippen LogP contribution < -0.4 is 5.32 Å². The van der Waals surface area contributed by atoms with Crippen molar-refractivity contribution in [1.82, 2.24) is 9.97 Å². The molecular formula is C21H15N3O3S. The summed E-state index contributed by atoms with van der Waals surface area (Å²) in [6.07, 6.45) is 1.69. The van der Waals surface area contributed by atoms with Gasteiger partial charge in [0.25, 0.3) is 5.91 Å². The van der Waals surface area contributed by atoms with E-state index in [1.54, 1.807) is 29.8 Å². The molecule has 2 aromatic heterocycles. The number of amides is 1. The lowest BCUT2D eigenvalue weighted by molar-refractivity contribution is -0.119. The number of aromatic nitrogens is 2. The zero-order chi connectivity index (χ0) is 19.3. The van der Waals surface area contributed by atoms with Crippen LogP contribution in [0, 0.1) is 0 Å². The molecule has 0 saturated heterocycles. The van der Waals surface area contributed by atoms with E-state index in [2.05, 4.69) is 15.3 Å². The monoisotopic (exact) mass is 389 g/mol. The topological polar surface area (TPSA) is 81.2 Å². The van der Waals surface area contributed by atoms with Gasteiger partial charge in [0.2, 0.25) is 0 Å². The minimum absolute atomic E-state index is 0.186. The summed E-state index contributed by atoms with van der Waals surface area (Å²) < 4.78 is 5.10. The van der Waals surface area contributed by atoms with Crippen molar-refractivity contribution in [2.24, 2.45) is 0 Å². The van der Waals surface area contributed by atoms with Crippen molar-refractivity contribution in [2.75, 3.05) is 11.9 Å². The van der Waals surface area contributed by atoms with Crippen LogP contribution in [-0.2, 0) is 9.53 Å². The quantitative estimate of drug-likeness (QED) is 0.519. The van der Waals surface area contributed by atoms with Crippen LogP contribution in [-0.4, -0.2) is 28.5 Å². The lowest BCUT2D eigenvalue weighted by Gasteiger charge is -2.08. The molecule has 6 nitrogen and oxygen atoms in total. The molecule has 0 radical (unpaired) electrons. The number of anilines is 1. The standard InChI is InChI=1S/C21H15N3O3S/c25-19(23-17-10-4-9-16-15(17)8-5-11-22-16)12-27-21(26)18-13-28-20(24-18)14-6-2-1-3-7-14/h1-11,13H,12H2,(H,23,25). The Morgan fingerprint density at radius 1 is 1.00 bits per heavy atom. The molecule has 0 spiro atoms. The summed E-state index contributed by atoms with van der Waals surface area (Å²) in [5.74, 6) is -1.06. The minimum atomic E-state index is -0.631. The molecule has 0 saturated carbocycles. The molecule has 0 bridgehead atoms. The van der Waals surface area contributed by atoms with Crippen molar-refractivity contribution in [3.63, 3.8) is 0 Å². The van der Waals surface area contributed by atoms with E-state index in [-0.39, 0.29) is 5.69 Å². The molecular weight excluding hydrogens is 374 g/mol. The Bertz CT molecular complexity index is 1140. The Labute approximate surface area is 164 Å². The Morgan fingerprint density at radius 2 is 1.86 bits per heavy atom. The third-order valence-electron chi connectivity index (χ3n) is 3.99. The van der Waals surface area contributed by atoms with Gasteiger partial charge in [0.15, 0.2) is 12.3 Å². The van der Waals surface area contributed by atoms with E-state index < -0.39 is 18.5 Å². The number of rotatable bonds is 5. The molecule has 0 unspecified atom stereocenters. The largest absolute Gasteiger partial charge is 0.451 e. The van der Waals surface area contributed by atoms with Crippen LogP contribution in [0.15, 0.2) is 72.2 Å². The number of benzene rings is 2. The van der Waals surface area contributed by atoms with Crippen molar-refractivity contribution in [2.45, 2.75) is 0 Å². The number of hydrogen-bond acceptors (Lipinski definition) is 6. The Kier molecular flexibility index (Phi) is 5.07. The molecule has 0 aliphatic rings. The number of carbonyl (C=O) groups is 2. The molecule has 2 heterocycles. The lowest BCUT2D eigenvalue weighted by Crippen LogP contribution is -2.21. The van der Waals surface area contributed by atoms with Gasteiger partial charge >= 0.3 is 5.97 Å². The maximum atomic E-state index is 12.2. The number of carbonyl (C=O) groups excluding carboxylic acids is 2. The van der Waals surface area contributed by atoms with Crippen molar-refractivity contribution in [3.05, 3.63) is 77.9 Å². The molecule has 4 aromatic rings. The van der Waals surface area contributed by atoms with Gasteiger partial charge in [-0.25, -0.2) is 9.78 Å². The fourth-order valence-corrected chi connectivity index (χ4v) is 3.48. The van der Waals surface area contributed by atoms with Crippen LogP contribution in [0.25, 0.3) is 21.5 Å². The number of nitrogens with zero attached hydrogens (tertiary/aromatic N) is 2. The number of thiazole rings is 1. The van der Waals surface area contributed by atoms with Gasteiger partial charge in [-0.1, -0.05) is 36.4 Å². The average molecular weight is 389 g/mol. The molecule has 0 atom stereocenters. The second kappa shape index (κ2) is 7.98. The van der Waals surface area contributed by atoms with Crippen LogP contribution in [0.3, 0.4) is 0 Å². The molecule has 2 aromatic carbocycles. The van der Waals surface area contributed by atoms with Crippen LogP contribution >= 0.6 is 11.3 Å². The third-order valence-corrected chi connectivity index (χ3v) is 4.88. The summed E-state index contributed by atoms with van der Waals surface area (Å²) in [4.78, 5) is 32.9. The van der Waals surface area contributed by atoms with Crippen LogP contribution in [0.5, 0.6) is 0 Å². The van der Waals surface area contributed by atoms with Gasteiger partial charge in [-0.3, -0.25) is 9.78 Å². The van der Waals surface area contributed by atoms with Gasteiger partial charge < -0.3 is 10.1 Å². The summed E-state index contributed by atoms with van der Waals surface area (Å²) in [5, 5.41) is 5.91. The van der Waals surface area contributed by atoms with E-state index in [0.29, 0.717) is 5.69 Å². The van der Waals surface area contributed by atoms with E-state index in [1.807, 2.05) is 42.5 Å². The van der Waals surface area contributed by atoms with Crippen LogP contribution in [0.1, 0.15) is 10.5 Å². The maximum Gasteiger partial charge on any atom is 0.358 e. The molecule has 1 amide bonds. The molecule has 138 valence electrons. The maximum absolute atomic E-state index is 12.2. The number of nitrogens with one attached hydrogen (secondary N) is 1. The van der Waals surface area contributed by atoms with Gasteiger partial charge in [-0.2, -0.15) is 0 Å². The first-order valence-electron chi connectivity index (χ1n) is 8.52. The predicted molar refractivity (Wildman–Crippen MR) is 108 cm³/mol. The molecule has 1 N–H and O–H groups in total. The highest BCUT2D eigenvalue weighted by molar-refractivity contribution is 7.13. The van der Waals surface area contributed by atoms with E-state index in [0.717, 1.165) is 21.5 Å². The summed E-state index contributed by atoms with van der Waals surface area (Å²) in [6, 6.07) is 18.7. The van der Waals surface area contributed by atoms with E-state index in [4.69, 9.17) is 4.74 Å². The second-order valence-electron chi connectivity index (χ2n) is 5.90. The number of ether oxygens (including phenoxy) is 1. The van der Waals surface area contributed by atoms with E-state index in [9.17, 15) is 9.59 Å². The molecule has 0 fully saturated rings. The summed E-state index contributed by atoms with van der Waals surface area (Å²) in [7, 11) is 0. The Morgan fingerprint density at radius 3 is 2.71 bits per heavy atom. The molecule has 0 aliphatic heterocycles. The first-order valence-corrected chi connectivity index (χ1v) is 9.40. The highest BCUT2D eigenvalue weighted by Crippen LogP contribution is 2.24. The Hall–Kier alpha value is -3.58. The number of esters is 1. The average Bonchev–Trinajstić information content (AvgIpc) is 3.23. The van der Waals surface area contributed by atoms with Crippen molar-refractivity contribution < 1.29 is 14.3 Å². The highest BCUT2D eigenvalue weighted by atomic mass is 32.1. The molecule has 7 heteroatoms. The predicted octanol–water partition coefficient (Wildman–Crippen LogP) is 4.15.